The van der Waals surface area contributed by atoms with E-state index in [0.29, 0.717) is 18.3 Å². The maximum absolute atomic E-state index is 11.0. The summed E-state index contributed by atoms with van der Waals surface area (Å²) in [6, 6.07) is 0. The second kappa shape index (κ2) is 6.13. The van der Waals surface area contributed by atoms with Crippen LogP contribution in [0.1, 0.15) is 26.1 Å². The summed E-state index contributed by atoms with van der Waals surface area (Å²) in [5.74, 6) is 1.15. The Morgan fingerprint density at radius 3 is 2.61 bits per heavy atom. The number of nitrogens with one attached hydrogen (secondary N) is 1. The molecule has 0 aromatic carbocycles. The highest BCUT2D eigenvalue weighted by molar-refractivity contribution is 5.61. The molecular weight excluding hydrogens is 236 g/mol. The van der Waals surface area contributed by atoms with Crippen LogP contribution >= 0.6 is 0 Å². The third kappa shape index (κ3) is 3.54. The largest absolute Gasteiger partial charge is 0.476 e. The Bertz CT molecular complexity index is 435. The highest BCUT2D eigenvalue weighted by Crippen LogP contribution is 2.31. The van der Waals surface area contributed by atoms with Crippen LogP contribution in [-0.2, 0) is 0 Å². The molecule has 0 saturated heterocycles. The highest BCUT2D eigenvalue weighted by atomic mass is 16.6. The van der Waals surface area contributed by atoms with Crippen LogP contribution in [-0.4, -0.2) is 28.5 Å². The standard InChI is InChI=1S/C11H18N4O3/c1-7(2)5-6-12-10-9(15(16)17)11(18-4)14-8(3)13-10/h7H,5-6H2,1-4H3,(H,12,13,14). The first-order valence-electron chi connectivity index (χ1n) is 5.76. The fourth-order valence-corrected chi connectivity index (χ4v) is 1.45. The topological polar surface area (TPSA) is 90.2 Å². The molecule has 1 aromatic rings. The second-order valence-electron chi connectivity index (χ2n) is 4.34. The molecule has 1 aromatic heterocycles. The summed E-state index contributed by atoms with van der Waals surface area (Å²) in [6.45, 7) is 6.46. The van der Waals surface area contributed by atoms with Crippen LogP contribution in [0.5, 0.6) is 5.88 Å². The molecule has 0 radical (unpaired) electrons. The van der Waals surface area contributed by atoms with Crippen molar-refractivity contribution in [1.82, 2.24) is 9.97 Å². The van der Waals surface area contributed by atoms with Crippen LogP contribution in [0.4, 0.5) is 11.5 Å². The van der Waals surface area contributed by atoms with Crippen LogP contribution in [0.15, 0.2) is 0 Å². The molecule has 1 N–H and O–H groups in total. The molecule has 0 aliphatic heterocycles. The third-order valence-electron chi connectivity index (χ3n) is 2.35. The molecule has 7 nitrogen and oxygen atoms in total. The SMILES string of the molecule is COc1nc(C)nc(NCCC(C)C)c1[N+](=O)[O-]. The number of methoxy groups -OCH3 is 1. The number of aryl methyl sites for hydroxylation is 1. The van der Waals surface area contributed by atoms with Crippen molar-refractivity contribution in [3.05, 3.63) is 15.9 Å². The lowest BCUT2D eigenvalue weighted by atomic mass is 10.1. The maximum atomic E-state index is 11.0. The van der Waals surface area contributed by atoms with Crippen LogP contribution in [0, 0.1) is 23.0 Å². The Morgan fingerprint density at radius 2 is 2.11 bits per heavy atom. The van der Waals surface area contributed by atoms with E-state index >= 15 is 0 Å². The average Bonchev–Trinajstić information content (AvgIpc) is 2.26. The monoisotopic (exact) mass is 254 g/mol. The van der Waals surface area contributed by atoms with Gasteiger partial charge in [0.2, 0.25) is 5.82 Å². The van der Waals surface area contributed by atoms with Gasteiger partial charge in [-0.3, -0.25) is 10.1 Å². The number of anilines is 1. The van der Waals surface area contributed by atoms with Gasteiger partial charge in [0.15, 0.2) is 0 Å². The molecule has 18 heavy (non-hydrogen) atoms. The quantitative estimate of drug-likeness (QED) is 0.618. The smallest absolute Gasteiger partial charge is 0.372 e. The summed E-state index contributed by atoms with van der Waals surface area (Å²) < 4.78 is 4.92. The Morgan fingerprint density at radius 1 is 1.44 bits per heavy atom. The zero-order chi connectivity index (χ0) is 13.7. The Kier molecular flexibility index (Phi) is 4.82. The number of rotatable bonds is 6. The van der Waals surface area contributed by atoms with E-state index in [4.69, 9.17) is 4.74 Å². The molecule has 0 amide bonds. The van der Waals surface area contributed by atoms with Crippen molar-refractivity contribution in [2.45, 2.75) is 27.2 Å². The van der Waals surface area contributed by atoms with Crippen molar-refractivity contribution in [3.63, 3.8) is 0 Å². The molecular formula is C11H18N4O3. The summed E-state index contributed by atoms with van der Waals surface area (Å²) >= 11 is 0. The average molecular weight is 254 g/mol. The van der Waals surface area contributed by atoms with Gasteiger partial charge in [0.1, 0.15) is 5.82 Å². The van der Waals surface area contributed by atoms with Crippen molar-refractivity contribution < 1.29 is 9.66 Å². The van der Waals surface area contributed by atoms with E-state index in [1.807, 2.05) is 0 Å². The fourth-order valence-electron chi connectivity index (χ4n) is 1.45. The van der Waals surface area contributed by atoms with Crippen LogP contribution in [0.3, 0.4) is 0 Å². The first-order valence-corrected chi connectivity index (χ1v) is 5.76. The van der Waals surface area contributed by atoms with E-state index in [1.165, 1.54) is 7.11 Å². The molecule has 0 atom stereocenters. The van der Waals surface area contributed by atoms with Crippen LogP contribution in [0.25, 0.3) is 0 Å². The molecule has 0 fully saturated rings. The molecule has 0 saturated carbocycles. The summed E-state index contributed by atoms with van der Waals surface area (Å²) in [7, 11) is 1.35. The lowest BCUT2D eigenvalue weighted by Crippen LogP contribution is -2.11. The van der Waals surface area contributed by atoms with Crippen molar-refractivity contribution in [3.8, 4) is 5.88 Å². The zero-order valence-electron chi connectivity index (χ0n) is 11.1. The van der Waals surface area contributed by atoms with E-state index in [2.05, 4.69) is 29.1 Å². The second-order valence-corrected chi connectivity index (χ2v) is 4.34. The van der Waals surface area contributed by atoms with Gasteiger partial charge < -0.3 is 10.1 Å². The van der Waals surface area contributed by atoms with E-state index < -0.39 is 4.92 Å². The van der Waals surface area contributed by atoms with Gasteiger partial charge in [0.05, 0.1) is 12.0 Å². The molecule has 0 bridgehead atoms. The van der Waals surface area contributed by atoms with Gasteiger partial charge in [-0.2, -0.15) is 4.98 Å². The summed E-state index contributed by atoms with van der Waals surface area (Å²) in [5.41, 5.74) is -0.216. The minimum absolute atomic E-state index is 0.0143. The predicted octanol–water partition coefficient (Wildman–Crippen LogP) is 2.16. The van der Waals surface area contributed by atoms with Crippen molar-refractivity contribution in [1.29, 1.82) is 0 Å². The van der Waals surface area contributed by atoms with E-state index in [0.717, 1.165) is 6.42 Å². The number of ether oxygens (including phenoxy) is 1. The predicted molar refractivity (Wildman–Crippen MR) is 67.9 cm³/mol. The van der Waals surface area contributed by atoms with Crippen molar-refractivity contribution >= 4 is 11.5 Å². The third-order valence-corrected chi connectivity index (χ3v) is 2.35. The van der Waals surface area contributed by atoms with Gasteiger partial charge in [-0.15, -0.1) is 0 Å². The summed E-state index contributed by atoms with van der Waals surface area (Å²) in [5, 5.41) is 14.0. The summed E-state index contributed by atoms with van der Waals surface area (Å²) in [4.78, 5) is 18.4. The lowest BCUT2D eigenvalue weighted by Gasteiger charge is -2.10. The van der Waals surface area contributed by atoms with E-state index in [9.17, 15) is 10.1 Å². The van der Waals surface area contributed by atoms with Crippen LogP contribution in [0.2, 0.25) is 0 Å². The molecule has 0 spiro atoms. The number of hydrogen-bond acceptors (Lipinski definition) is 6. The van der Waals surface area contributed by atoms with Gasteiger partial charge in [-0.05, 0) is 19.3 Å². The summed E-state index contributed by atoms with van der Waals surface area (Å²) in [6.07, 6.45) is 0.905. The zero-order valence-corrected chi connectivity index (χ0v) is 11.1. The number of hydrogen-bond donors (Lipinski definition) is 1. The molecule has 7 heteroatoms. The molecule has 100 valence electrons. The van der Waals surface area contributed by atoms with E-state index in [-0.39, 0.29) is 17.4 Å². The first kappa shape index (κ1) is 14.1. The molecule has 0 aliphatic carbocycles. The van der Waals surface area contributed by atoms with Gasteiger partial charge >= 0.3 is 5.69 Å². The number of nitro groups is 1. The Hall–Kier alpha value is -1.92. The number of aromatic nitrogens is 2. The lowest BCUT2D eigenvalue weighted by molar-refractivity contribution is -0.385. The Balaban J connectivity index is 3.00. The van der Waals surface area contributed by atoms with Crippen LogP contribution < -0.4 is 10.1 Å². The van der Waals surface area contributed by atoms with Crippen molar-refractivity contribution in [2.75, 3.05) is 19.0 Å². The molecule has 0 aliphatic rings. The normalized spacial score (nSPS) is 10.5. The highest BCUT2D eigenvalue weighted by Gasteiger charge is 2.24. The molecule has 1 heterocycles. The molecule has 0 unspecified atom stereocenters. The van der Waals surface area contributed by atoms with Gasteiger partial charge in [0.25, 0.3) is 5.88 Å². The van der Waals surface area contributed by atoms with Gasteiger partial charge in [-0.25, -0.2) is 4.98 Å². The van der Waals surface area contributed by atoms with E-state index in [1.54, 1.807) is 6.92 Å². The minimum atomic E-state index is -0.532. The Labute approximate surface area is 106 Å². The molecule has 1 rings (SSSR count). The van der Waals surface area contributed by atoms with Gasteiger partial charge in [-0.1, -0.05) is 13.8 Å². The first-order chi connectivity index (χ1) is 8.45. The van der Waals surface area contributed by atoms with Crippen molar-refractivity contribution in [2.24, 2.45) is 5.92 Å². The van der Waals surface area contributed by atoms with Gasteiger partial charge in [0, 0.05) is 6.54 Å². The number of nitrogens with zero attached hydrogens (tertiary/aromatic N) is 3. The maximum Gasteiger partial charge on any atom is 0.372 e. The fraction of sp³-hybridized carbons (Fsp3) is 0.636. The minimum Gasteiger partial charge on any atom is -0.476 e.